The lowest BCUT2D eigenvalue weighted by atomic mass is 10.1. The number of anilines is 1. The van der Waals surface area contributed by atoms with Crippen LogP contribution in [0.1, 0.15) is 12.0 Å². The van der Waals surface area contributed by atoms with Gasteiger partial charge in [-0.25, -0.2) is 0 Å². The lowest BCUT2D eigenvalue weighted by Crippen LogP contribution is -2.43. The molecule has 0 radical (unpaired) electrons. The van der Waals surface area contributed by atoms with Crippen molar-refractivity contribution in [1.82, 2.24) is 10.6 Å². The van der Waals surface area contributed by atoms with E-state index in [2.05, 4.69) is 39.8 Å². The molecule has 4 heteroatoms. The first-order valence-electron chi connectivity index (χ1n) is 6.55. The Hall–Kier alpha value is -1.55. The van der Waals surface area contributed by atoms with E-state index in [-0.39, 0.29) is 5.91 Å². The maximum absolute atomic E-state index is 11.2. The Balaban J connectivity index is 1.90. The van der Waals surface area contributed by atoms with E-state index in [1.165, 1.54) is 11.3 Å². The van der Waals surface area contributed by atoms with E-state index in [1.54, 1.807) is 7.05 Å². The first-order chi connectivity index (χ1) is 8.79. The fourth-order valence-corrected chi connectivity index (χ4v) is 2.18. The maximum atomic E-state index is 11.2. The zero-order valence-corrected chi connectivity index (χ0v) is 10.9. The molecule has 2 rings (SSSR count). The van der Waals surface area contributed by atoms with Crippen LogP contribution in [0.2, 0.25) is 0 Å². The Morgan fingerprint density at radius 3 is 2.56 bits per heavy atom. The lowest BCUT2D eigenvalue weighted by Gasteiger charge is -2.29. The average Bonchev–Trinajstić information content (AvgIpc) is 2.46. The first-order valence-corrected chi connectivity index (χ1v) is 6.55. The molecule has 0 saturated carbocycles. The van der Waals surface area contributed by atoms with E-state index >= 15 is 0 Å². The molecule has 0 aliphatic carbocycles. The number of benzene rings is 1. The number of piperazine rings is 1. The Morgan fingerprint density at radius 2 is 1.94 bits per heavy atom. The van der Waals surface area contributed by atoms with E-state index in [0.717, 1.165) is 32.6 Å². The summed E-state index contributed by atoms with van der Waals surface area (Å²) in [4.78, 5) is 13.6. The summed E-state index contributed by atoms with van der Waals surface area (Å²) in [7, 11) is 1.68. The monoisotopic (exact) mass is 247 g/mol. The summed E-state index contributed by atoms with van der Waals surface area (Å²) in [5.74, 6) is 0.0983. The molecule has 1 fully saturated rings. The van der Waals surface area contributed by atoms with Gasteiger partial charge in [0.25, 0.3) is 0 Å². The molecule has 4 nitrogen and oxygen atoms in total. The molecule has 0 bridgehead atoms. The van der Waals surface area contributed by atoms with Crippen molar-refractivity contribution >= 4 is 11.6 Å². The van der Waals surface area contributed by atoms with E-state index in [4.69, 9.17) is 0 Å². The van der Waals surface area contributed by atoms with Crippen LogP contribution >= 0.6 is 0 Å². The molecule has 0 atom stereocenters. The van der Waals surface area contributed by atoms with Crippen molar-refractivity contribution in [3.63, 3.8) is 0 Å². The van der Waals surface area contributed by atoms with Gasteiger partial charge in [-0.2, -0.15) is 0 Å². The number of carbonyl (C=O) groups excluding carboxylic acids is 1. The Kier molecular flexibility index (Phi) is 4.59. The Labute approximate surface area is 108 Å². The zero-order valence-electron chi connectivity index (χ0n) is 10.9. The summed E-state index contributed by atoms with van der Waals surface area (Å²) in [6.07, 6.45) is 1.37. The number of hydrogen-bond donors (Lipinski definition) is 2. The van der Waals surface area contributed by atoms with Gasteiger partial charge >= 0.3 is 0 Å². The summed E-state index contributed by atoms with van der Waals surface area (Å²) in [6.45, 7) is 4.24. The highest BCUT2D eigenvalue weighted by molar-refractivity contribution is 5.75. The summed E-state index contributed by atoms with van der Waals surface area (Å²) in [5.41, 5.74) is 2.50. The standard InChI is InChI=1S/C14H21N3O/c1-15-14(18)7-4-12-2-5-13(6-3-12)17-10-8-16-9-11-17/h2-3,5-6,16H,4,7-11H2,1H3,(H,15,18). The van der Waals surface area contributed by atoms with Crippen LogP contribution in [0.25, 0.3) is 0 Å². The van der Waals surface area contributed by atoms with Gasteiger partial charge in [-0.05, 0) is 24.1 Å². The maximum Gasteiger partial charge on any atom is 0.220 e. The molecular weight excluding hydrogens is 226 g/mol. The molecule has 1 aromatic carbocycles. The minimum Gasteiger partial charge on any atom is -0.369 e. The molecule has 18 heavy (non-hydrogen) atoms. The smallest absolute Gasteiger partial charge is 0.220 e. The van der Waals surface area contributed by atoms with Crippen LogP contribution in [0.3, 0.4) is 0 Å². The largest absolute Gasteiger partial charge is 0.369 e. The highest BCUT2D eigenvalue weighted by atomic mass is 16.1. The van der Waals surface area contributed by atoms with Crippen LogP contribution in [-0.4, -0.2) is 39.1 Å². The predicted octanol–water partition coefficient (Wildman–Crippen LogP) is 0.775. The molecule has 0 unspecified atom stereocenters. The molecule has 1 amide bonds. The number of aryl methyl sites for hydroxylation is 1. The number of hydrogen-bond acceptors (Lipinski definition) is 3. The summed E-state index contributed by atoms with van der Waals surface area (Å²) in [6, 6.07) is 8.57. The van der Waals surface area contributed by atoms with Gasteiger partial charge in [-0.1, -0.05) is 12.1 Å². The zero-order chi connectivity index (χ0) is 12.8. The van der Waals surface area contributed by atoms with Crippen molar-refractivity contribution in [3.8, 4) is 0 Å². The van der Waals surface area contributed by atoms with E-state index < -0.39 is 0 Å². The van der Waals surface area contributed by atoms with Crippen LogP contribution in [0, 0.1) is 0 Å². The minimum absolute atomic E-state index is 0.0983. The van der Waals surface area contributed by atoms with Crippen molar-refractivity contribution in [2.45, 2.75) is 12.8 Å². The number of carbonyl (C=O) groups is 1. The fourth-order valence-electron chi connectivity index (χ4n) is 2.18. The molecule has 98 valence electrons. The van der Waals surface area contributed by atoms with Gasteiger partial charge in [-0.15, -0.1) is 0 Å². The Bertz CT molecular complexity index is 383. The van der Waals surface area contributed by atoms with E-state index in [0.29, 0.717) is 6.42 Å². The van der Waals surface area contributed by atoms with Crippen molar-refractivity contribution in [1.29, 1.82) is 0 Å². The molecule has 1 aliphatic heterocycles. The third-order valence-electron chi connectivity index (χ3n) is 3.34. The van der Waals surface area contributed by atoms with Crippen LogP contribution in [0.5, 0.6) is 0 Å². The van der Waals surface area contributed by atoms with Gasteiger partial charge in [0.05, 0.1) is 0 Å². The lowest BCUT2D eigenvalue weighted by molar-refractivity contribution is -0.120. The predicted molar refractivity (Wildman–Crippen MR) is 73.9 cm³/mol. The third kappa shape index (κ3) is 3.47. The molecule has 0 aromatic heterocycles. The van der Waals surface area contributed by atoms with Crippen LogP contribution in [0.4, 0.5) is 5.69 Å². The van der Waals surface area contributed by atoms with Crippen molar-refractivity contribution in [2.24, 2.45) is 0 Å². The van der Waals surface area contributed by atoms with Gasteiger partial charge in [0, 0.05) is 45.3 Å². The summed E-state index contributed by atoms with van der Waals surface area (Å²) < 4.78 is 0. The molecular formula is C14H21N3O. The number of amides is 1. The molecule has 1 aromatic rings. The van der Waals surface area contributed by atoms with Gasteiger partial charge in [-0.3, -0.25) is 4.79 Å². The van der Waals surface area contributed by atoms with Crippen LogP contribution < -0.4 is 15.5 Å². The van der Waals surface area contributed by atoms with E-state index in [9.17, 15) is 4.79 Å². The number of nitrogens with zero attached hydrogens (tertiary/aromatic N) is 1. The second-order valence-electron chi connectivity index (χ2n) is 4.58. The molecule has 1 heterocycles. The van der Waals surface area contributed by atoms with Crippen molar-refractivity contribution < 1.29 is 4.79 Å². The molecule has 1 aliphatic rings. The van der Waals surface area contributed by atoms with Crippen LogP contribution in [0.15, 0.2) is 24.3 Å². The topological polar surface area (TPSA) is 44.4 Å². The first kappa shape index (κ1) is 12.9. The van der Waals surface area contributed by atoms with Crippen molar-refractivity contribution in [2.75, 3.05) is 38.1 Å². The van der Waals surface area contributed by atoms with E-state index in [1.807, 2.05) is 0 Å². The third-order valence-corrected chi connectivity index (χ3v) is 3.34. The molecule has 2 N–H and O–H groups in total. The average molecular weight is 247 g/mol. The highest BCUT2D eigenvalue weighted by Crippen LogP contribution is 2.16. The van der Waals surface area contributed by atoms with Gasteiger partial charge in [0.2, 0.25) is 5.91 Å². The van der Waals surface area contributed by atoms with Crippen molar-refractivity contribution in [3.05, 3.63) is 29.8 Å². The number of nitrogens with one attached hydrogen (secondary N) is 2. The fraction of sp³-hybridized carbons (Fsp3) is 0.500. The van der Waals surface area contributed by atoms with Gasteiger partial charge in [0.15, 0.2) is 0 Å². The molecule has 1 saturated heterocycles. The minimum atomic E-state index is 0.0983. The SMILES string of the molecule is CNC(=O)CCc1ccc(N2CCNCC2)cc1. The molecule has 0 spiro atoms. The second-order valence-corrected chi connectivity index (χ2v) is 4.58. The summed E-state index contributed by atoms with van der Waals surface area (Å²) in [5, 5.41) is 5.99. The Morgan fingerprint density at radius 1 is 1.28 bits per heavy atom. The number of rotatable bonds is 4. The van der Waals surface area contributed by atoms with Gasteiger partial charge < -0.3 is 15.5 Å². The van der Waals surface area contributed by atoms with Crippen LogP contribution in [-0.2, 0) is 11.2 Å². The summed E-state index contributed by atoms with van der Waals surface area (Å²) >= 11 is 0. The second kappa shape index (κ2) is 6.40. The quantitative estimate of drug-likeness (QED) is 0.826. The van der Waals surface area contributed by atoms with Gasteiger partial charge in [0.1, 0.15) is 0 Å². The normalized spacial score (nSPS) is 15.5. The highest BCUT2D eigenvalue weighted by Gasteiger charge is 2.09.